The van der Waals surface area contributed by atoms with Crippen LogP contribution in [0.5, 0.6) is 0 Å². The fraction of sp³-hybridized carbons (Fsp3) is 0. The Kier molecular flexibility index (Phi) is 1.73. The molecule has 0 bridgehead atoms. The number of hydrogen-bond acceptors (Lipinski definition) is 4. The minimum atomic E-state index is -4.35. The number of nitrogen functional groups attached to an aromatic ring is 1. The van der Waals surface area contributed by atoms with Crippen molar-refractivity contribution in [1.29, 1.82) is 0 Å². The van der Waals surface area contributed by atoms with Crippen LogP contribution in [0.2, 0.25) is 0 Å². The molecule has 0 aliphatic carbocycles. The maximum Gasteiger partial charge on any atom is 0.379 e. The zero-order chi connectivity index (χ0) is 10.3. The van der Waals surface area contributed by atoms with Crippen molar-refractivity contribution < 1.29 is 13.0 Å². The molecule has 0 fully saturated rings. The van der Waals surface area contributed by atoms with Crippen LogP contribution in [0.15, 0.2) is 24.4 Å². The zero-order valence-corrected chi connectivity index (χ0v) is 7.77. The highest BCUT2D eigenvalue weighted by Gasteiger charge is 2.12. The molecule has 74 valence electrons. The highest BCUT2D eigenvalue weighted by atomic mass is 32.2. The first kappa shape index (κ1) is 8.97. The molecule has 1 aromatic heterocycles. The number of rotatable bonds is 1. The summed E-state index contributed by atoms with van der Waals surface area (Å²) in [5.41, 5.74) is 6.14. The average molecular weight is 213 g/mol. The molecule has 0 radical (unpaired) electrons. The summed E-state index contributed by atoms with van der Waals surface area (Å²) in [4.78, 5) is 0. The van der Waals surface area contributed by atoms with Gasteiger partial charge in [0.1, 0.15) is 0 Å². The van der Waals surface area contributed by atoms with Crippen molar-refractivity contribution in [3.63, 3.8) is 0 Å². The minimum Gasteiger partial charge on any atom is -0.399 e. The smallest absolute Gasteiger partial charge is 0.379 e. The van der Waals surface area contributed by atoms with E-state index in [1.165, 1.54) is 12.3 Å². The van der Waals surface area contributed by atoms with Crippen LogP contribution >= 0.6 is 0 Å². The van der Waals surface area contributed by atoms with Gasteiger partial charge in [-0.25, -0.2) is 0 Å². The van der Waals surface area contributed by atoms with E-state index in [0.717, 1.165) is 0 Å². The largest absolute Gasteiger partial charge is 0.399 e. The average Bonchev–Trinajstić information content (AvgIpc) is 2.45. The van der Waals surface area contributed by atoms with Crippen LogP contribution in [0.25, 0.3) is 10.9 Å². The Morgan fingerprint density at radius 3 is 2.79 bits per heavy atom. The summed E-state index contributed by atoms with van der Waals surface area (Å²) in [6.07, 6.45) is 1.34. The van der Waals surface area contributed by atoms with E-state index in [1.54, 1.807) is 12.1 Å². The second kappa shape index (κ2) is 2.69. The van der Waals surface area contributed by atoms with Crippen LogP contribution in [0.3, 0.4) is 0 Å². The van der Waals surface area contributed by atoms with Gasteiger partial charge in [-0.15, -0.1) is 4.09 Å². The van der Waals surface area contributed by atoms with Gasteiger partial charge in [-0.1, -0.05) is 0 Å². The van der Waals surface area contributed by atoms with Crippen molar-refractivity contribution in [3.8, 4) is 0 Å². The summed E-state index contributed by atoms with van der Waals surface area (Å²) in [7, 11) is -4.35. The number of fused-ring (bicyclic) bond motifs is 1. The molecular weight excluding hydrogens is 206 g/mol. The van der Waals surface area contributed by atoms with Gasteiger partial charge in [-0.2, -0.15) is 13.5 Å². The van der Waals surface area contributed by atoms with Crippen LogP contribution in [0.4, 0.5) is 5.69 Å². The van der Waals surface area contributed by atoms with Crippen LogP contribution in [-0.2, 0) is 10.3 Å². The number of hydrogen-bond donors (Lipinski definition) is 2. The molecule has 0 unspecified atom stereocenters. The number of nitrogens with zero attached hydrogens (tertiary/aromatic N) is 2. The summed E-state index contributed by atoms with van der Waals surface area (Å²) in [6.45, 7) is 0. The Balaban J connectivity index is 2.87. The van der Waals surface area contributed by atoms with Crippen LogP contribution in [-0.4, -0.2) is 22.2 Å². The van der Waals surface area contributed by atoms with Gasteiger partial charge in [0.2, 0.25) is 0 Å². The second-order valence-corrected chi connectivity index (χ2v) is 4.03. The van der Waals surface area contributed by atoms with E-state index in [-0.39, 0.29) is 5.52 Å². The standard InChI is InChI=1S/C7H7N3O3S/c8-6-2-1-5-4-9-10(7(5)3-6)14(11,12)13/h1-4H,8H2,(H,11,12,13). The molecule has 2 aromatic rings. The van der Waals surface area contributed by atoms with Gasteiger partial charge in [0, 0.05) is 11.1 Å². The highest BCUT2D eigenvalue weighted by molar-refractivity contribution is 7.84. The second-order valence-electron chi connectivity index (χ2n) is 2.78. The quantitative estimate of drug-likeness (QED) is 0.523. The van der Waals surface area contributed by atoms with Gasteiger partial charge >= 0.3 is 10.3 Å². The third-order valence-electron chi connectivity index (χ3n) is 1.78. The van der Waals surface area contributed by atoms with Crippen LogP contribution in [0.1, 0.15) is 0 Å². The Hall–Kier alpha value is -1.60. The maximum absolute atomic E-state index is 10.8. The summed E-state index contributed by atoms with van der Waals surface area (Å²) in [5, 5.41) is 4.13. The van der Waals surface area contributed by atoms with Crippen molar-refractivity contribution in [1.82, 2.24) is 9.19 Å². The van der Waals surface area contributed by atoms with Gasteiger partial charge in [0.05, 0.1) is 11.7 Å². The summed E-state index contributed by atoms with van der Waals surface area (Å²) >= 11 is 0. The van der Waals surface area contributed by atoms with Gasteiger partial charge in [-0.3, -0.25) is 4.55 Å². The first-order valence-electron chi connectivity index (χ1n) is 3.70. The lowest BCUT2D eigenvalue weighted by Gasteiger charge is -1.98. The van der Waals surface area contributed by atoms with Gasteiger partial charge in [0.25, 0.3) is 0 Å². The lowest BCUT2D eigenvalue weighted by molar-refractivity contribution is 0.468. The van der Waals surface area contributed by atoms with E-state index in [9.17, 15) is 8.42 Å². The zero-order valence-electron chi connectivity index (χ0n) is 6.95. The predicted octanol–water partition coefficient (Wildman–Crippen LogP) is 0.269. The normalized spacial score (nSPS) is 12.1. The lowest BCUT2D eigenvalue weighted by atomic mass is 10.2. The minimum absolute atomic E-state index is 0.257. The molecule has 1 heterocycles. The molecule has 1 aromatic carbocycles. The van der Waals surface area contributed by atoms with E-state index in [1.807, 2.05) is 0 Å². The maximum atomic E-state index is 10.8. The highest BCUT2D eigenvalue weighted by Crippen LogP contribution is 2.17. The molecule has 7 heteroatoms. The molecule has 3 N–H and O–H groups in total. The molecule has 14 heavy (non-hydrogen) atoms. The summed E-state index contributed by atoms with van der Waals surface area (Å²) < 4.78 is 31.0. The molecule has 2 rings (SSSR count). The van der Waals surface area contributed by atoms with Crippen molar-refractivity contribution in [3.05, 3.63) is 24.4 Å². The Morgan fingerprint density at radius 2 is 2.14 bits per heavy atom. The van der Waals surface area contributed by atoms with E-state index in [0.29, 0.717) is 15.2 Å². The molecule has 0 amide bonds. The molecule has 0 saturated heterocycles. The summed E-state index contributed by atoms with van der Waals surface area (Å²) in [6, 6.07) is 4.67. The number of benzene rings is 1. The number of anilines is 1. The van der Waals surface area contributed by atoms with Crippen molar-refractivity contribution >= 4 is 26.9 Å². The topological polar surface area (TPSA) is 98.2 Å². The van der Waals surface area contributed by atoms with E-state index >= 15 is 0 Å². The summed E-state index contributed by atoms with van der Waals surface area (Å²) in [5.74, 6) is 0. The van der Waals surface area contributed by atoms with Gasteiger partial charge in [0.15, 0.2) is 0 Å². The van der Waals surface area contributed by atoms with E-state index in [2.05, 4.69) is 5.10 Å². The van der Waals surface area contributed by atoms with Crippen LogP contribution in [0, 0.1) is 0 Å². The molecule has 6 nitrogen and oxygen atoms in total. The fourth-order valence-electron chi connectivity index (χ4n) is 1.20. The van der Waals surface area contributed by atoms with Crippen molar-refractivity contribution in [2.45, 2.75) is 0 Å². The fourth-order valence-corrected chi connectivity index (χ4v) is 1.77. The molecule has 0 spiro atoms. The SMILES string of the molecule is Nc1ccc2cnn(S(=O)(=O)O)c2c1. The van der Waals surface area contributed by atoms with Crippen molar-refractivity contribution in [2.75, 3.05) is 5.73 Å². The van der Waals surface area contributed by atoms with Gasteiger partial charge in [-0.05, 0) is 18.2 Å². The molecule has 0 saturated carbocycles. The Morgan fingerprint density at radius 1 is 1.43 bits per heavy atom. The monoisotopic (exact) mass is 213 g/mol. The third-order valence-corrected chi connectivity index (χ3v) is 2.51. The third kappa shape index (κ3) is 1.32. The molecule has 0 aliphatic heterocycles. The number of aromatic nitrogens is 2. The Bertz CT molecular complexity index is 587. The first-order chi connectivity index (χ1) is 6.48. The lowest BCUT2D eigenvalue weighted by Crippen LogP contribution is -2.11. The molecular formula is C7H7N3O3S. The van der Waals surface area contributed by atoms with Crippen molar-refractivity contribution in [2.24, 2.45) is 0 Å². The molecule has 0 aliphatic rings. The van der Waals surface area contributed by atoms with E-state index in [4.69, 9.17) is 10.3 Å². The molecule has 0 atom stereocenters. The van der Waals surface area contributed by atoms with E-state index < -0.39 is 10.3 Å². The Labute approximate surface area is 79.8 Å². The van der Waals surface area contributed by atoms with Crippen LogP contribution < -0.4 is 5.73 Å². The number of nitrogens with two attached hydrogens (primary N) is 1. The first-order valence-corrected chi connectivity index (χ1v) is 5.09. The predicted molar refractivity (Wildman–Crippen MR) is 51.1 cm³/mol. The van der Waals surface area contributed by atoms with Gasteiger partial charge < -0.3 is 5.73 Å².